The Hall–Kier alpha value is -3.13. The molecule has 6 nitrogen and oxygen atoms in total. The fourth-order valence-corrected chi connectivity index (χ4v) is 5.70. The Kier molecular flexibility index (Phi) is 8.92. The Labute approximate surface area is 231 Å². The zero-order valence-electron chi connectivity index (χ0n) is 22.1. The number of likely N-dealkylation sites (tertiary alicyclic amines) is 1. The summed E-state index contributed by atoms with van der Waals surface area (Å²) >= 11 is 3.50. The van der Waals surface area contributed by atoms with Gasteiger partial charge in [-0.25, -0.2) is 4.39 Å². The van der Waals surface area contributed by atoms with Crippen molar-refractivity contribution in [3.63, 3.8) is 0 Å². The van der Waals surface area contributed by atoms with Crippen molar-refractivity contribution in [1.29, 1.82) is 0 Å². The highest BCUT2D eigenvalue weighted by Crippen LogP contribution is 2.41. The zero-order chi connectivity index (χ0) is 27.4. The highest BCUT2D eigenvalue weighted by Gasteiger charge is 2.31. The van der Waals surface area contributed by atoms with Crippen LogP contribution in [0.2, 0.25) is 0 Å². The number of amides is 1. The average molecular weight is 586 g/mol. The Morgan fingerprint density at radius 3 is 2.63 bits per heavy atom. The maximum absolute atomic E-state index is 13.7. The SMILES string of the molecule is CCCCc1[nH]c(=O)c(C(=O)N2CCC(Cc3cc(F)ccc3Br)CC2)c(O)c1-c1c(C)cccc1OC. The zero-order valence-corrected chi connectivity index (χ0v) is 23.7. The lowest BCUT2D eigenvalue weighted by Gasteiger charge is -2.32. The Morgan fingerprint density at radius 1 is 1.21 bits per heavy atom. The molecule has 2 N–H and O–H groups in total. The summed E-state index contributed by atoms with van der Waals surface area (Å²) in [6.45, 7) is 4.88. The van der Waals surface area contributed by atoms with Gasteiger partial charge in [0.1, 0.15) is 22.9 Å². The van der Waals surface area contributed by atoms with Gasteiger partial charge in [-0.05, 0) is 80.3 Å². The molecule has 0 unspecified atom stereocenters. The number of H-pyrrole nitrogens is 1. The molecule has 202 valence electrons. The van der Waals surface area contributed by atoms with Crippen LogP contribution in [0.3, 0.4) is 0 Å². The lowest BCUT2D eigenvalue weighted by molar-refractivity contribution is 0.0685. The number of methoxy groups -OCH3 is 1. The van der Waals surface area contributed by atoms with E-state index >= 15 is 0 Å². The van der Waals surface area contributed by atoms with Crippen molar-refractivity contribution in [3.8, 4) is 22.6 Å². The van der Waals surface area contributed by atoms with E-state index in [-0.39, 0.29) is 23.0 Å². The minimum Gasteiger partial charge on any atom is -0.506 e. The van der Waals surface area contributed by atoms with E-state index in [4.69, 9.17) is 4.74 Å². The van der Waals surface area contributed by atoms with Crippen molar-refractivity contribution in [2.45, 2.75) is 52.4 Å². The number of halogens is 2. The third-order valence-corrected chi connectivity index (χ3v) is 8.16. The lowest BCUT2D eigenvalue weighted by Crippen LogP contribution is -2.41. The first kappa shape index (κ1) is 27.9. The number of unbranched alkanes of at least 4 members (excludes halogenated alkanes) is 1. The van der Waals surface area contributed by atoms with E-state index in [1.807, 2.05) is 19.1 Å². The number of hydrogen-bond acceptors (Lipinski definition) is 4. The minimum atomic E-state index is -0.583. The number of aryl methyl sites for hydroxylation is 2. The van der Waals surface area contributed by atoms with Gasteiger partial charge in [-0.15, -0.1) is 0 Å². The number of pyridine rings is 1. The molecule has 0 aliphatic carbocycles. The van der Waals surface area contributed by atoms with E-state index in [2.05, 4.69) is 27.8 Å². The van der Waals surface area contributed by atoms with Crippen LogP contribution in [0.1, 0.15) is 59.8 Å². The van der Waals surface area contributed by atoms with Crippen LogP contribution in [0, 0.1) is 18.7 Å². The maximum Gasteiger partial charge on any atom is 0.264 e. The Bertz CT molecular complexity index is 1380. The van der Waals surface area contributed by atoms with Crippen molar-refractivity contribution in [2.24, 2.45) is 5.92 Å². The van der Waals surface area contributed by atoms with E-state index in [0.29, 0.717) is 48.5 Å². The highest BCUT2D eigenvalue weighted by molar-refractivity contribution is 9.10. The first-order valence-electron chi connectivity index (χ1n) is 13.1. The largest absolute Gasteiger partial charge is 0.506 e. The molecule has 2 heterocycles. The minimum absolute atomic E-state index is 0.239. The molecule has 1 aromatic heterocycles. The quantitative estimate of drug-likeness (QED) is 0.321. The molecule has 1 aliphatic heterocycles. The van der Waals surface area contributed by atoms with Gasteiger partial charge in [-0.3, -0.25) is 9.59 Å². The predicted octanol–water partition coefficient (Wildman–Crippen LogP) is 6.40. The van der Waals surface area contributed by atoms with Crippen LogP contribution in [-0.4, -0.2) is 41.1 Å². The molecule has 1 aliphatic rings. The van der Waals surface area contributed by atoms with Crippen LogP contribution < -0.4 is 10.3 Å². The van der Waals surface area contributed by atoms with Gasteiger partial charge in [0.2, 0.25) is 0 Å². The van der Waals surface area contributed by atoms with Gasteiger partial charge in [0.15, 0.2) is 0 Å². The van der Waals surface area contributed by atoms with Crippen molar-refractivity contribution in [1.82, 2.24) is 9.88 Å². The van der Waals surface area contributed by atoms with E-state index in [1.165, 1.54) is 6.07 Å². The van der Waals surface area contributed by atoms with Gasteiger partial charge < -0.3 is 19.7 Å². The van der Waals surface area contributed by atoms with Crippen LogP contribution >= 0.6 is 15.9 Å². The number of ether oxygens (including phenoxy) is 1. The summed E-state index contributed by atoms with van der Waals surface area (Å²) < 4.78 is 20.2. The van der Waals surface area contributed by atoms with E-state index < -0.39 is 11.5 Å². The highest BCUT2D eigenvalue weighted by atomic mass is 79.9. The van der Waals surface area contributed by atoms with Gasteiger partial charge in [0.25, 0.3) is 11.5 Å². The molecule has 0 atom stereocenters. The number of nitrogens with one attached hydrogen (secondary N) is 1. The van der Waals surface area contributed by atoms with Crippen LogP contribution in [0.5, 0.6) is 11.5 Å². The topological polar surface area (TPSA) is 82.6 Å². The molecular weight excluding hydrogens is 551 g/mol. The summed E-state index contributed by atoms with van der Waals surface area (Å²) in [4.78, 5) is 31.3. The van der Waals surface area contributed by atoms with Gasteiger partial charge in [-0.2, -0.15) is 0 Å². The van der Waals surface area contributed by atoms with E-state index in [1.54, 1.807) is 30.2 Å². The second-order valence-corrected chi connectivity index (χ2v) is 10.8. The third-order valence-electron chi connectivity index (χ3n) is 7.38. The molecule has 3 aromatic rings. The number of aromatic amines is 1. The maximum atomic E-state index is 13.7. The number of aromatic nitrogens is 1. The third kappa shape index (κ3) is 5.80. The summed E-state index contributed by atoms with van der Waals surface area (Å²) in [6.07, 6.45) is 4.44. The first-order chi connectivity index (χ1) is 18.2. The average Bonchev–Trinajstić information content (AvgIpc) is 2.90. The summed E-state index contributed by atoms with van der Waals surface area (Å²) in [5.74, 6) is -0.206. The molecule has 2 aromatic carbocycles. The summed E-state index contributed by atoms with van der Waals surface area (Å²) in [5.41, 5.74) is 2.66. The molecule has 1 amide bonds. The lowest BCUT2D eigenvalue weighted by atomic mass is 9.89. The monoisotopic (exact) mass is 584 g/mol. The molecule has 0 radical (unpaired) electrons. The van der Waals surface area contributed by atoms with Gasteiger partial charge in [0, 0.05) is 34.4 Å². The molecule has 1 saturated heterocycles. The number of hydrogen-bond donors (Lipinski definition) is 2. The summed E-state index contributed by atoms with van der Waals surface area (Å²) in [5, 5.41) is 11.5. The molecule has 0 bridgehead atoms. The number of nitrogens with zero attached hydrogens (tertiary/aromatic N) is 1. The molecule has 8 heteroatoms. The fourth-order valence-electron chi connectivity index (χ4n) is 5.29. The Balaban J connectivity index is 1.63. The van der Waals surface area contributed by atoms with Crippen LogP contribution in [0.4, 0.5) is 4.39 Å². The van der Waals surface area contributed by atoms with Crippen molar-refractivity contribution < 1.29 is 19.0 Å². The standard InChI is InChI=1S/C30H34BrFN2O4/c1-4-5-8-23-26(25-18(2)7-6-9-24(25)38-3)28(35)27(29(36)33-23)30(37)34-14-12-19(13-15-34)16-20-17-21(32)10-11-22(20)31/h6-7,9-11,17,19H,4-5,8,12-16H2,1-3H3,(H2,33,35,36). The number of aromatic hydroxyl groups is 1. The van der Waals surface area contributed by atoms with E-state index in [9.17, 15) is 19.1 Å². The normalized spacial score (nSPS) is 14.1. The summed E-state index contributed by atoms with van der Waals surface area (Å²) in [7, 11) is 1.56. The first-order valence-corrected chi connectivity index (χ1v) is 13.9. The van der Waals surface area contributed by atoms with Gasteiger partial charge >= 0.3 is 0 Å². The van der Waals surface area contributed by atoms with Gasteiger partial charge in [0.05, 0.1) is 7.11 Å². The fraction of sp³-hybridized carbons (Fsp3) is 0.400. The smallest absolute Gasteiger partial charge is 0.264 e. The molecule has 1 fully saturated rings. The van der Waals surface area contributed by atoms with Crippen molar-refractivity contribution in [2.75, 3.05) is 20.2 Å². The number of carbonyl (C=O) groups is 1. The number of piperidine rings is 1. The van der Waals surface area contributed by atoms with Crippen molar-refractivity contribution >= 4 is 21.8 Å². The van der Waals surface area contributed by atoms with Crippen molar-refractivity contribution in [3.05, 3.63) is 79.4 Å². The van der Waals surface area contributed by atoms with Gasteiger partial charge in [-0.1, -0.05) is 41.4 Å². The molecule has 0 saturated carbocycles. The molecule has 4 rings (SSSR count). The molecule has 38 heavy (non-hydrogen) atoms. The Morgan fingerprint density at radius 2 is 1.95 bits per heavy atom. The second-order valence-electron chi connectivity index (χ2n) is 9.96. The van der Waals surface area contributed by atoms with Crippen LogP contribution in [-0.2, 0) is 12.8 Å². The summed E-state index contributed by atoms with van der Waals surface area (Å²) in [6, 6.07) is 10.3. The predicted molar refractivity (Wildman–Crippen MR) is 150 cm³/mol. The molecule has 0 spiro atoms. The number of rotatable bonds is 8. The van der Waals surface area contributed by atoms with Crippen LogP contribution in [0.25, 0.3) is 11.1 Å². The molecular formula is C30H34BrFN2O4. The number of benzene rings is 2. The second kappa shape index (κ2) is 12.2. The number of carbonyl (C=O) groups excluding carboxylic acids is 1. The van der Waals surface area contributed by atoms with E-state index in [0.717, 1.165) is 41.3 Å². The van der Waals surface area contributed by atoms with Crippen LogP contribution in [0.15, 0.2) is 45.7 Å².